The molecule has 0 bridgehead atoms. The monoisotopic (exact) mass is 344 g/mol. The zero-order chi connectivity index (χ0) is 15.6. The van der Waals surface area contributed by atoms with E-state index in [1.165, 1.54) is 21.7 Å². The zero-order valence-electron chi connectivity index (χ0n) is 11.8. The van der Waals surface area contributed by atoms with Gasteiger partial charge in [-0.05, 0) is 36.2 Å². The molecule has 2 N–H and O–H groups in total. The lowest BCUT2D eigenvalue weighted by molar-refractivity contribution is 0.469. The molecule has 0 unspecified atom stereocenters. The van der Waals surface area contributed by atoms with Gasteiger partial charge < -0.3 is 5.73 Å². The van der Waals surface area contributed by atoms with Crippen LogP contribution in [0.5, 0.6) is 0 Å². The summed E-state index contributed by atoms with van der Waals surface area (Å²) in [4.78, 5) is 1.10. The van der Waals surface area contributed by atoms with Crippen LogP contribution in [0.1, 0.15) is 17.4 Å². The van der Waals surface area contributed by atoms with E-state index < -0.39 is 10.0 Å². The Balaban J connectivity index is 2.26. The molecule has 0 saturated carbocycles. The zero-order valence-corrected chi connectivity index (χ0v) is 14.2. The molecule has 0 aliphatic carbocycles. The molecular weight excluding hydrogens is 328 g/mol. The number of hydrogen-bond donors (Lipinski definition) is 1. The summed E-state index contributed by atoms with van der Waals surface area (Å²) in [6.45, 7) is 2.27. The van der Waals surface area contributed by atoms with Crippen molar-refractivity contribution < 1.29 is 8.42 Å². The minimum absolute atomic E-state index is 0.211. The quantitative estimate of drug-likeness (QED) is 0.846. The van der Waals surface area contributed by atoms with Gasteiger partial charge >= 0.3 is 0 Å². The largest absolute Gasteiger partial charge is 0.398 e. The van der Waals surface area contributed by atoms with Crippen molar-refractivity contribution in [3.8, 4) is 0 Å². The second-order valence-corrected chi connectivity index (χ2v) is 8.53. The van der Waals surface area contributed by atoms with Gasteiger partial charge in [-0.2, -0.15) is 4.31 Å². The van der Waals surface area contributed by atoms with Crippen molar-refractivity contribution in [1.29, 1.82) is 0 Å². The summed E-state index contributed by atoms with van der Waals surface area (Å²) >= 11 is 7.23. The number of rotatable bonds is 5. The molecule has 7 heteroatoms. The lowest BCUT2D eigenvalue weighted by Crippen LogP contribution is -2.26. The Morgan fingerprint density at radius 2 is 2.00 bits per heavy atom. The van der Waals surface area contributed by atoms with Crippen molar-refractivity contribution in [2.24, 2.45) is 0 Å². The highest BCUT2D eigenvalue weighted by molar-refractivity contribution is 7.89. The standard InChI is InChI=1S/C14H17ClN2O2S2/c1-3-10-4-6-12(8-13(10)16)21(18,19)17(2)9-11-5-7-14(15)20-11/h4-8H,3,9,16H2,1-2H3. The van der Waals surface area contributed by atoms with Gasteiger partial charge in [0.15, 0.2) is 0 Å². The lowest BCUT2D eigenvalue weighted by Gasteiger charge is -2.17. The van der Waals surface area contributed by atoms with Crippen molar-refractivity contribution >= 4 is 38.6 Å². The molecule has 0 aliphatic heterocycles. The molecule has 0 fully saturated rings. The first-order valence-electron chi connectivity index (χ1n) is 6.43. The van der Waals surface area contributed by atoms with Crippen LogP contribution in [0.4, 0.5) is 5.69 Å². The SMILES string of the molecule is CCc1ccc(S(=O)(=O)N(C)Cc2ccc(Cl)s2)cc1N. The summed E-state index contributed by atoms with van der Waals surface area (Å²) in [5, 5.41) is 0. The number of thiophene rings is 1. The van der Waals surface area contributed by atoms with Gasteiger partial charge in [0.2, 0.25) is 10.0 Å². The molecule has 0 atom stereocenters. The third-order valence-electron chi connectivity index (χ3n) is 3.21. The molecule has 2 rings (SSSR count). The fraction of sp³-hybridized carbons (Fsp3) is 0.286. The maximum Gasteiger partial charge on any atom is 0.243 e. The number of halogens is 1. The van der Waals surface area contributed by atoms with Gasteiger partial charge in [0, 0.05) is 24.2 Å². The van der Waals surface area contributed by atoms with E-state index in [0.29, 0.717) is 10.0 Å². The number of benzene rings is 1. The Hall–Kier alpha value is -1.08. The van der Waals surface area contributed by atoms with Crippen LogP contribution in [0.15, 0.2) is 35.2 Å². The van der Waals surface area contributed by atoms with Crippen LogP contribution in [-0.4, -0.2) is 19.8 Å². The van der Waals surface area contributed by atoms with E-state index in [4.69, 9.17) is 17.3 Å². The Bertz CT molecular complexity index is 741. The van der Waals surface area contributed by atoms with Crippen LogP contribution in [0.25, 0.3) is 0 Å². The highest BCUT2D eigenvalue weighted by atomic mass is 35.5. The van der Waals surface area contributed by atoms with Crippen LogP contribution >= 0.6 is 22.9 Å². The number of aryl methyl sites for hydroxylation is 1. The number of nitrogens with two attached hydrogens (primary N) is 1. The average molecular weight is 345 g/mol. The van der Waals surface area contributed by atoms with Gasteiger partial charge in [-0.1, -0.05) is 24.6 Å². The molecule has 0 saturated heterocycles. The van der Waals surface area contributed by atoms with E-state index in [0.717, 1.165) is 16.9 Å². The van der Waals surface area contributed by atoms with Crippen LogP contribution in [0.3, 0.4) is 0 Å². The van der Waals surface area contributed by atoms with Gasteiger partial charge in [0.05, 0.1) is 9.23 Å². The second kappa shape index (κ2) is 6.36. The lowest BCUT2D eigenvalue weighted by atomic mass is 10.1. The molecule has 2 aromatic rings. The minimum atomic E-state index is -3.56. The third-order valence-corrected chi connectivity index (χ3v) is 6.23. The molecule has 1 heterocycles. The van der Waals surface area contributed by atoms with Gasteiger partial charge in [-0.25, -0.2) is 8.42 Å². The van der Waals surface area contributed by atoms with Crippen molar-refractivity contribution in [3.63, 3.8) is 0 Å². The molecule has 114 valence electrons. The van der Waals surface area contributed by atoms with E-state index in [9.17, 15) is 8.42 Å². The van der Waals surface area contributed by atoms with Gasteiger partial charge in [-0.3, -0.25) is 0 Å². The van der Waals surface area contributed by atoms with Crippen LogP contribution in [0, 0.1) is 0 Å². The number of sulfonamides is 1. The van der Waals surface area contributed by atoms with E-state index in [-0.39, 0.29) is 11.4 Å². The third kappa shape index (κ3) is 3.58. The van der Waals surface area contributed by atoms with E-state index in [1.54, 1.807) is 25.2 Å². The van der Waals surface area contributed by atoms with Crippen LogP contribution in [0.2, 0.25) is 4.34 Å². The molecule has 0 amide bonds. The Kier molecular flexibility index (Phi) is 4.93. The van der Waals surface area contributed by atoms with E-state index >= 15 is 0 Å². The number of hydrogen-bond acceptors (Lipinski definition) is 4. The molecule has 1 aromatic carbocycles. The van der Waals surface area contributed by atoms with Crippen molar-refractivity contribution in [2.75, 3.05) is 12.8 Å². The predicted octanol–water partition coefficient (Wildman–Crippen LogP) is 3.37. The summed E-state index contributed by atoms with van der Waals surface area (Å²) in [5.74, 6) is 0. The summed E-state index contributed by atoms with van der Waals surface area (Å²) in [7, 11) is -2.01. The maximum atomic E-state index is 12.5. The maximum absolute atomic E-state index is 12.5. The van der Waals surface area contributed by atoms with Crippen molar-refractivity contribution in [2.45, 2.75) is 24.8 Å². The number of nitrogen functional groups attached to an aromatic ring is 1. The summed E-state index contributed by atoms with van der Waals surface area (Å²) in [5.41, 5.74) is 7.34. The van der Waals surface area contributed by atoms with Crippen LogP contribution in [-0.2, 0) is 23.0 Å². The predicted molar refractivity (Wildman–Crippen MR) is 88.2 cm³/mol. The molecule has 1 aromatic heterocycles. The Morgan fingerprint density at radius 3 is 2.52 bits per heavy atom. The fourth-order valence-corrected chi connectivity index (χ4v) is 4.38. The molecule has 0 radical (unpaired) electrons. The highest BCUT2D eigenvalue weighted by Gasteiger charge is 2.22. The molecule has 0 aliphatic rings. The van der Waals surface area contributed by atoms with Gasteiger partial charge in [0.1, 0.15) is 0 Å². The average Bonchev–Trinajstić information content (AvgIpc) is 2.83. The van der Waals surface area contributed by atoms with Crippen molar-refractivity contribution in [3.05, 3.63) is 45.1 Å². The summed E-state index contributed by atoms with van der Waals surface area (Å²) < 4.78 is 27.0. The fourth-order valence-electron chi connectivity index (χ4n) is 1.98. The first kappa shape index (κ1) is 16.3. The molecule has 0 spiro atoms. The highest BCUT2D eigenvalue weighted by Crippen LogP contribution is 2.26. The molecule has 21 heavy (non-hydrogen) atoms. The summed E-state index contributed by atoms with van der Waals surface area (Å²) in [6.07, 6.45) is 0.774. The Labute approximate surface area is 134 Å². The normalized spacial score (nSPS) is 12.0. The second-order valence-electron chi connectivity index (χ2n) is 4.68. The minimum Gasteiger partial charge on any atom is -0.398 e. The molecule has 4 nitrogen and oxygen atoms in total. The Morgan fingerprint density at radius 1 is 1.29 bits per heavy atom. The first-order valence-corrected chi connectivity index (χ1v) is 9.07. The smallest absolute Gasteiger partial charge is 0.243 e. The summed E-state index contributed by atoms with van der Waals surface area (Å²) in [6, 6.07) is 8.47. The topological polar surface area (TPSA) is 63.4 Å². The first-order chi connectivity index (χ1) is 9.84. The number of nitrogens with zero attached hydrogens (tertiary/aromatic N) is 1. The van der Waals surface area contributed by atoms with Crippen LogP contribution < -0.4 is 5.73 Å². The van der Waals surface area contributed by atoms with E-state index in [1.807, 2.05) is 13.0 Å². The van der Waals surface area contributed by atoms with Gasteiger partial charge in [-0.15, -0.1) is 11.3 Å². The molecular formula is C14H17ClN2O2S2. The van der Waals surface area contributed by atoms with E-state index in [2.05, 4.69) is 0 Å². The van der Waals surface area contributed by atoms with Crippen molar-refractivity contribution in [1.82, 2.24) is 4.31 Å². The number of anilines is 1. The van der Waals surface area contributed by atoms with Gasteiger partial charge in [0.25, 0.3) is 0 Å².